The lowest BCUT2D eigenvalue weighted by atomic mass is 9.94. The molecule has 2 aliphatic rings. The smallest absolute Gasteiger partial charge is 0.208 e. The molecular weight excluding hydrogens is 342 g/mol. The largest absolute Gasteiger partial charge is 0.367 e. The summed E-state index contributed by atoms with van der Waals surface area (Å²) in [6.45, 7) is 2.48. The Morgan fingerprint density at radius 2 is 1.88 bits per heavy atom. The molecule has 2 heterocycles. The molecule has 3 aromatic rings. The van der Waals surface area contributed by atoms with Crippen LogP contribution in [0.15, 0.2) is 54.6 Å². The molecular formula is C21H21N3OS. The highest BCUT2D eigenvalue weighted by Crippen LogP contribution is 2.43. The van der Waals surface area contributed by atoms with Gasteiger partial charge in [-0.15, -0.1) is 10.2 Å². The van der Waals surface area contributed by atoms with Gasteiger partial charge in [0, 0.05) is 13.0 Å². The van der Waals surface area contributed by atoms with Crippen LogP contribution in [0.5, 0.6) is 0 Å². The Morgan fingerprint density at radius 1 is 1.04 bits per heavy atom. The minimum atomic E-state index is -0.180. The summed E-state index contributed by atoms with van der Waals surface area (Å²) >= 11 is 1.71. The molecule has 0 saturated carbocycles. The second-order valence-corrected chi connectivity index (χ2v) is 8.10. The Hall–Kier alpha value is -2.24. The second kappa shape index (κ2) is 6.49. The van der Waals surface area contributed by atoms with E-state index in [-0.39, 0.29) is 5.60 Å². The van der Waals surface area contributed by atoms with E-state index in [1.807, 2.05) is 6.07 Å². The van der Waals surface area contributed by atoms with Crippen LogP contribution in [0.3, 0.4) is 0 Å². The fraction of sp³-hybridized carbons (Fsp3) is 0.333. The van der Waals surface area contributed by atoms with Gasteiger partial charge in [-0.2, -0.15) is 0 Å². The fourth-order valence-electron chi connectivity index (χ4n) is 4.13. The molecule has 0 amide bonds. The van der Waals surface area contributed by atoms with Crippen molar-refractivity contribution >= 4 is 16.5 Å². The molecule has 1 aliphatic heterocycles. The molecule has 1 fully saturated rings. The predicted molar refractivity (Wildman–Crippen MR) is 104 cm³/mol. The first-order valence-corrected chi connectivity index (χ1v) is 9.98. The highest BCUT2D eigenvalue weighted by atomic mass is 32.1. The highest BCUT2D eigenvalue weighted by Gasteiger charge is 2.43. The lowest BCUT2D eigenvalue weighted by Gasteiger charge is -2.41. The molecule has 1 saturated heterocycles. The number of hydrogen-bond donors (Lipinski definition) is 0. The van der Waals surface area contributed by atoms with Crippen LogP contribution in [0.25, 0.3) is 0 Å². The molecule has 26 heavy (non-hydrogen) atoms. The number of aryl methyl sites for hydroxylation is 1. The van der Waals surface area contributed by atoms with Crippen LogP contribution in [0.4, 0.5) is 5.13 Å². The van der Waals surface area contributed by atoms with Gasteiger partial charge in [-0.05, 0) is 29.5 Å². The van der Waals surface area contributed by atoms with Crippen molar-refractivity contribution in [2.75, 3.05) is 24.6 Å². The molecule has 0 radical (unpaired) electrons. The molecule has 1 spiro atoms. The fourth-order valence-corrected chi connectivity index (χ4v) is 5.03. The summed E-state index contributed by atoms with van der Waals surface area (Å²) in [6, 6.07) is 19.2. The van der Waals surface area contributed by atoms with Gasteiger partial charge in [-0.25, -0.2) is 0 Å². The molecule has 4 nitrogen and oxygen atoms in total. The van der Waals surface area contributed by atoms with Crippen molar-refractivity contribution in [1.29, 1.82) is 0 Å². The normalized spacial score (nSPS) is 21.9. The molecule has 2 aromatic carbocycles. The Labute approximate surface area is 157 Å². The van der Waals surface area contributed by atoms with Crippen LogP contribution in [-0.4, -0.2) is 29.9 Å². The number of rotatable bonds is 3. The maximum Gasteiger partial charge on any atom is 0.208 e. The molecule has 1 aromatic heterocycles. The van der Waals surface area contributed by atoms with Crippen LogP contribution in [0, 0.1) is 0 Å². The summed E-state index contributed by atoms with van der Waals surface area (Å²) in [4.78, 5) is 2.36. The number of morpholine rings is 1. The van der Waals surface area contributed by atoms with E-state index in [1.165, 1.54) is 16.7 Å². The molecule has 0 N–H and O–H groups in total. The SMILES string of the molecule is c1ccc(Cc2nnc(N3CCOC4(CCc5ccccc54)C3)s2)cc1. The van der Waals surface area contributed by atoms with E-state index in [4.69, 9.17) is 4.74 Å². The summed E-state index contributed by atoms with van der Waals surface area (Å²) in [5.74, 6) is 0. The third-order valence-corrected chi connectivity index (χ3v) is 6.40. The van der Waals surface area contributed by atoms with Crippen molar-refractivity contribution in [1.82, 2.24) is 10.2 Å². The average Bonchev–Trinajstić information content (AvgIpc) is 3.29. The van der Waals surface area contributed by atoms with Crippen LogP contribution < -0.4 is 4.90 Å². The van der Waals surface area contributed by atoms with Crippen molar-refractivity contribution in [2.45, 2.75) is 24.9 Å². The zero-order chi connectivity index (χ0) is 17.4. The first-order valence-electron chi connectivity index (χ1n) is 9.16. The van der Waals surface area contributed by atoms with Crippen LogP contribution >= 0.6 is 11.3 Å². The minimum absolute atomic E-state index is 0.180. The average molecular weight is 363 g/mol. The van der Waals surface area contributed by atoms with E-state index in [0.717, 1.165) is 49.1 Å². The van der Waals surface area contributed by atoms with E-state index >= 15 is 0 Å². The molecule has 132 valence electrons. The monoisotopic (exact) mass is 363 g/mol. The van der Waals surface area contributed by atoms with Gasteiger partial charge < -0.3 is 9.64 Å². The molecule has 1 unspecified atom stereocenters. The number of ether oxygens (including phenoxy) is 1. The van der Waals surface area contributed by atoms with Gasteiger partial charge in [-0.3, -0.25) is 0 Å². The quantitative estimate of drug-likeness (QED) is 0.709. The number of benzene rings is 2. The van der Waals surface area contributed by atoms with Crippen LogP contribution in [-0.2, 0) is 23.2 Å². The van der Waals surface area contributed by atoms with Crippen molar-refractivity contribution in [3.63, 3.8) is 0 Å². The van der Waals surface area contributed by atoms with E-state index in [9.17, 15) is 0 Å². The Kier molecular flexibility index (Phi) is 3.98. The van der Waals surface area contributed by atoms with Crippen molar-refractivity contribution in [3.8, 4) is 0 Å². The molecule has 0 bridgehead atoms. The van der Waals surface area contributed by atoms with Gasteiger partial charge >= 0.3 is 0 Å². The van der Waals surface area contributed by atoms with Gasteiger partial charge in [0.15, 0.2) is 0 Å². The van der Waals surface area contributed by atoms with Gasteiger partial charge in [-0.1, -0.05) is 65.9 Å². The van der Waals surface area contributed by atoms with E-state index in [0.29, 0.717) is 0 Å². The zero-order valence-electron chi connectivity index (χ0n) is 14.6. The maximum atomic E-state index is 6.32. The third kappa shape index (κ3) is 2.81. The van der Waals surface area contributed by atoms with Crippen molar-refractivity contribution in [3.05, 3.63) is 76.3 Å². The first-order chi connectivity index (χ1) is 12.8. The summed E-state index contributed by atoms with van der Waals surface area (Å²) < 4.78 is 6.32. The highest BCUT2D eigenvalue weighted by molar-refractivity contribution is 7.15. The maximum absolute atomic E-state index is 6.32. The molecule has 5 heteroatoms. The Morgan fingerprint density at radius 3 is 2.81 bits per heavy atom. The summed E-state index contributed by atoms with van der Waals surface area (Å²) in [5, 5.41) is 11.0. The Bertz CT molecular complexity index is 906. The summed E-state index contributed by atoms with van der Waals surface area (Å²) in [6.07, 6.45) is 2.99. The van der Waals surface area contributed by atoms with Crippen LogP contribution in [0.1, 0.15) is 28.1 Å². The number of hydrogen-bond acceptors (Lipinski definition) is 5. The number of fused-ring (bicyclic) bond motifs is 2. The number of nitrogens with zero attached hydrogens (tertiary/aromatic N) is 3. The topological polar surface area (TPSA) is 38.2 Å². The van der Waals surface area contributed by atoms with Gasteiger partial charge in [0.25, 0.3) is 0 Å². The molecule has 5 rings (SSSR count). The second-order valence-electron chi connectivity index (χ2n) is 7.06. The third-order valence-electron chi connectivity index (χ3n) is 5.42. The van der Waals surface area contributed by atoms with Gasteiger partial charge in [0.2, 0.25) is 5.13 Å². The minimum Gasteiger partial charge on any atom is -0.367 e. The van der Waals surface area contributed by atoms with Crippen LogP contribution in [0.2, 0.25) is 0 Å². The summed E-state index contributed by atoms with van der Waals surface area (Å²) in [5.41, 5.74) is 3.88. The van der Waals surface area contributed by atoms with Crippen molar-refractivity contribution < 1.29 is 4.74 Å². The van der Waals surface area contributed by atoms with Gasteiger partial charge in [0.05, 0.1) is 13.2 Å². The zero-order valence-corrected chi connectivity index (χ0v) is 15.4. The molecule has 1 aliphatic carbocycles. The van der Waals surface area contributed by atoms with Crippen molar-refractivity contribution in [2.24, 2.45) is 0 Å². The number of anilines is 1. The van der Waals surface area contributed by atoms with E-state index in [1.54, 1.807) is 11.3 Å². The lowest BCUT2D eigenvalue weighted by Crippen LogP contribution is -2.49. The van der Waals surface area contributed by atoms with Gasteiger partial charge in [0.1, 0.15) is 10.6 Å². The van der Waals surface area contributed by atoms with E-state index in [2.05, 4.69) is 63.6 Å². The lowest BCUT2D eigenvalue weighted by molar-refractivity contribution is -0.0592. The predicted octanol–water partition coefficient (Wildman–Crippen LogP) is 3.81. The van der Waals surface area contributed by atoms with E-state index < -0.39 is 0 Å². The standard InChI is InChI=1S/C21H21N3OS/c1-2-6-16(7-3-1)14-19-22-23-20(26-19)24-12-13-25-21(15-24)11-10-17-8-4-5-9-18(17)21/h1-9H,10-15H2. The summed E-state index contributed by atoms with van der Waals surface area (Å²) in [7, 11) is 0. The first kappa shape index (κ1) is 16.0. The molecule has 1 atom stereocenters. The Balaban J connectivity index is 1.37. The number of aromatic nitrogens is 2.